The van der Waals surface area contributed by atoms with Crippen molar-refractivity contribution in [2.75, 3.05) is 19.6 Å². The van der Waals surface area contributed by atoms with E-state index in [1.165, 1.54) is 42.4 Å². The molecule has 4 nitrogen and oxygen atoms in total. The van der Waals surface area contributed by atoms with E-state index in [-0.39, 0.29) is 0 Å². The fourth-order valence-corrected chi connectivity index (χ4v) is 3.71. The molecule has 1 aromatic heterocycles. The van der Waals surface area contributed by atoms with E-state index < -0.39 is 5.97 Å². The van der Waals surface area contributed by atoms with Crippen LogP contribution in [0.3, 0.4) is 0 Å². The summed E-state index contributed by atoms with van der Waals surface area (Å²) < 4.78 is 2.17. The first-order valence-corrected chi connectivity index (χ1v) is 8.87. The average molecular weight is 334 g/mol. The number of carboxylic acids is 1. The zero-order valence-corrected chi connectivity index (χ0v) is 14.2. The summed E-state index contributed by atoms with van der Waals surface area (Å²) in [5.74, 6) is -0.893. The predicted molar refractivity (Wildman–Crippen MR) is 99.6 cm³/mol. The minimum atomic E-state index is -0.893. The SMILES string of the molecule is O=C(O)c1ccc(-n2cc(CCN3CCCC3)c3ccccc32)cc1. The number of benzene rings is 2. The van der Waals surface area contributed by atoms with Crippen molar-refractivity contribution in [3.05, 3.63) is 65.9 Å². The number of carbonyl (C=O) groups is 1. The lowest BCUT2D eigenvalue weighted by Crippen LogP contribution is -2.21. The normalized spacial score (nSPS) is 15.0. The molecule has 3 aromatic rings. The molecule has 0 amide bonds. The van der Waals surface area contributed by atoms with Crippen molar-refractivity contribution in [2.24, 2.45) is 0 Å². The molecule has 0 radical (unpaired) electrons. The molecule has 0 aliphatic carbocycles. The highest BCUT2D eigenvalue weighted by atomic mass is 16.4. The third-order valence-electron chi connectivity index (χ3n) is 5.08. The highest BCUT2D eigenvalue weighted by Crippen LogP contribution is 2.26. The van der Waals surface area contributed by atoms with Crippen LogP contribution in [0.25, 0.3) is 16.6 Å². The van der Waals surface area contributed by atoms with Crippen molar-refractivity contribution in [2.45, 2.75) is 19.3 Å². The second-order valence-corrected chi connectivity index (χ2v) is 6.69. The van der Waals surface area contributed by atoms with E-state index in [2.05, 4.69) is 39.9 Å². The summed E-state index contributed by atoms with van der Waals surface area (Å²) in [4.78, 5) is 13.6. The van der Waals surface area contributed by atoms with E-state index in [4.69, 9.17) is 5.11 Å². The Kier molecular flexibility index (Phi) is 4.28. The minimum Gasteiger partial charge on any atom is -0.478 e. The second kappa shape index (κ2) is 6.73. The lowest BCUT2D eigenvalue weighted by Gasteiger charge is -2.13. The number of aromatic carboxylic acids is 1. The Balaban J connectivity index is 1.67. The van der Waals surface area contributed by atoms with Gasteiger partial charge in [-0.15, -0.1) is 0 Å². The molecule has 25 heavy (non-hydrogen) atoms. The maximum atomic E-state index is 11.1. The van der Waals surface area contributed by atoms with Gasteiger partial charge in [0, 0.05) is 23.8 Å². The minimum absolute atomic E-state index is 0.314. The molecule has 0 bridgehead atoms. The van der Waals surface area contributed by atoms with Crippen LogP contribution in [0.15, 0.2) is 54.7 Å². The Labute approximate surface area is 147 Å². The average Bonchev–Trinajstić information content (AvgIpc) is 3.28. The van der Waals surface area contributed by atoms with E-state index in [0.29, 0.717) is 5.56 Å². The van der Waals surface area contributed by atoms with Crippen LogP contribution in [-0.4, -0.2) is 40.2 Å². The molecular weight excluding hydrogens is 312 g/mol. The number of aromatic nitrogens is 1. The van der Waals surface area contributed by atoms with Crippen LogP contribution >= 0.6 is 0 Å². The molecule has 0 atom stereocenters. The standard InChI is InChI=1S/C21H22N2O2/c24-21(25)16-7-9-18(10-8-16)23-15-17(11-14-22-12-3-4-13-22)19-5-1-2-6-20(19)23/h1-2,5-10,15H,3-4,11-14H2,(H,24,25). The van der Waals surface area contributed by atoms with Crippen LogP contribution in [0.5, 0.6) is 0 Å². The first kappa shape index (κ1) is 15.9. The van der Waals surface area contributed by atoms with Crippen LogP contribution in [0, 0.1) is 0 Å². The highest BCUT2D eigenvalue weighted by molar-refractivity contribution is 5.88. The predicted octanol–water partition coefficient (Wildman–Crippen LogP) is 3.97. The number of nitrogens with zero attached hydrogens (tertiary/aromatic N) is 2. The van der Waals surface area contributed by atoms with Gasteiger partial charge < -0.3 is 14.6 Å². The number of likely N-dealkylation sites (tertiary alicyclic amines) is 1. The van der Waals surface area contributed by atoms with Crippen molar-refractivity contribution in [3.8, 4) is 5.69 Å². The molecule has 2 aromatic carbocycles. The monoisotopic (exact) mass is 334 g/mol. The molecule has 4 heteroatoms. The smallest absolute Gasteiger partial charge is 0.335 e. The lowest BCUT2D eigenvalue weighted by atomic mass is 10.1. The fraction of sp³-hybridized carbons (Fsp3) is 0.286. The van der Waals surface area contributed by atoms with Gasteiger partial charge in [0.05, 0.1) is 11.1 Å². The summed E-state index contributed by atoms with van der Waals surface area (Å²) in [7, 11) is 0. The zero-order chi connectivity index (χ0) is 17.2. The van der Waals surface area contributed by atoms with Crippen LogP contribution in [0.1, 0.15) is 28.8 Å². The van der Waals surface area contributed by atoms with Gasteiger partial charge in [-0.05, 0) is 68.2 Å². The molecule has 0 saturated carbocycles. The summed E-state index contributed by atoms with van der Waals surface area (Å²) in [5.41, 5.74) is 3.83. The molecule has 0 unspecified atom stereocenters. The number of fused-ring (bicyclic) bond motifs is 1. The summed E-state index contributed by atoms with van der Waals surface area (Å²) in [6, 6.07) is 15.5. The van der Waals surface area contributed by atoms with E-state index >= 15 is 0 Å². The molecule has 1 N–H and O–H groups in total. The Morgan fingerprint density at radius 2 is 1.72 bits per heavy atom. The van der Waals surface area contributed by atoms with E-state index in [1.807, 2.05) is 12.1 Å². The summed E-state index contributed by atoms with van der Waals surface area (Å²) in [6.45, 7) is 3.54. The quantitative estimate of drug-likeness (QED) is 0.768. The molecular formula is C21H22N2O2. The first-order valence-electron chi connectivity index (χ1n) is 8.87. The third kappa shape index (κ3) is 3.17. The first-order chi connectivity index (χ1) is 12.2. The van der Waals surface area contributed by atoms with Crippen molar-refractivity contribution in [1.82, 2.24) is 9.47 Å². The maximum Gasteiger partial charge on any atom is 0.335 e. The van der Waals surface area contributed by atoms with Gasteiger partial charge in [-0.2, -0.15) is 0 Å². The van der Waals surface area contributed by atoms with Crippen molar-refractivity contribution in [3.63, 3.8) is 0 Å². The van der Waals surface area contributed by atoms with Gasteiger partial charge in [0.25, 0.3) is 0 Å². The molecule has 1 aliphatic rings. The molecule has 1 saturated heterocycles. The topological polar surface area (TPSA) is 45.5 Å². The number of rotatable bonds is 5. The Hall–Kier alpha value is -2.59. The van der Waals surface area contributed by atoms with Gasteiger partial charge >= 0.3 is 5.97 Å². The van der Waals surface area contributed by atoms with E-state index in [1.54, 1.807) is 12.1 Å². The number of hydrogen-bond acceptors (Lipinski definition) is 2. The van der Waals surface area contributed by atoms with Crippen LogP contribution in [0.4, 0.5) is 0 Å². The summed E-state index contributed by atoms with van der Waals surface area (Å²) >= 11 is 0. The molecule has 1 aliphatic heterocycles. The highest BCUT2D eigenvalue weighted by Gasteiger charge is 2.14. The van der Waals surface area contributed by atoms with Gasteiger partial charge in [-0.3, -0.25) is 0 Å². The Morgan fingerprint density at radius 3 is 2.44 bits per heavy atom. The Bertz CT molecular complexity index is 890. The van der Waals surface area contributed by atoms with E-state index in [9.17, 15) is 4.79 Å². The molecule has 0 spiro atoms. The molecule has 128 valence electrons. The zero-order valence-electron chi connectivity index (χ0n) is 14.2. The third-order valence-corrected chi connectivity index (χ3v) is 5.08. The van der Waals surface area contributed by atoms with Crippen LogP contribution < -0.4 is 0 Å². The molecule has 4 rings (SSSR count). The van der Waals surface area contributed by atoms with Crippen molar-refractivity contribution in [1.29, 1.82) is 0 Å². The van der Waals surface area contributed by atoms with Gasteiger partial charge in [0.1, 0.15) is 0 Å². The van der Waals surface area contributed by atoms with Gasteiger partial charge in [0.2, 0.25) is 0 Å². The second-order valence-electron chi connectivity index (χ2n) is 6.69. The largest absolute Gasteiger partial charge is 0.478 e. The fourth-order valence-electron chi connectivity index (χ4n) is 3.71. The van der Waals surface area contributed by atoms with Gasteiger partial charge in [-0.25, -0.2) is 4.79 Å². The van der Waals surface area contributed by atoms with Gasteiger partial charge in [0.15, 0.2) is 0 Å². The summed E-state index contributed by atoms with van der Waals surface area (Å²) in [5, 5.41) is 10.4. The lowest BCUT2D eigenvalue weighted by molar-refractivity contribution is 0.0697. The number of hydrogen-bond donors (Lipinski definition) is 1. The van der Waals surface area contributed by atoms with Crippen molar-refractivity contribution >= 4 is 16.9 Å². The Morgan fingerprint density at radius 1 is 1.00 bits per heavy atom. The van der Waals surface area contributed by atoms with Crippen LogP contribution in [0.2, 0.25) is 0 Å². The summed E-state index contributed by atoms with van der Waals surface area (Å²) in [6.07, 6.45) is 5.88. The van der Waals surface area contributed by atoms with Crippen molar-refractivity contribution < 1.29 is 9.90 Å². The molecule has 2 heterocycles. The maximum absolute atomic E-state index is 11.1. The van der Waals surface area contributed by atoms with E-state index in [0.717, 1.165) is 18.7 Å². The number of carboxylic acid groups (broad SMARTS) is 1. The number of para-hydroxylation sites is 1. The van der Waals surface area contributed by atoms with Gasteiger partial charge in [-0.1, -0.05) is 18.2 Å². The molecule has 1 fully saturated rings. The van der Waals surface area contributed by atoms with Crippen LogP contribution in [-0.2, 0) is 6.42 Å².